The number of thiazole rings is 1. The van der Waals surface area contributed by atoms with Crippen molar-refractivity contribution in [3.05, 3.63) is 38.9 Å². The fourth-order valence-electron chi connectivity index (χ4n) is 1.14. The molecule has 0 aliphatic carbocycles. The van der Waals surface area contributed by atoms with Crippen LogP contribution in [0.15, 0.2) is 27.6 Å². The molecular weight excluding hydrogens is 274 g/mol. The maximum atomic E-state index is 4.26. The van der Waals surface area contributed by atoms with Gasteiger partial charge in [0.05, 0.1) is 17.7 Å². The molecule has 2 heterocycles. The molecule has 0 aromatic carbocycles. The molecular formula is C10H10BrN3S. The highest BCUT2D eigenvalue weighted by Crippen LogP contribution is 2.17. The van der Waals surface area contributed by atoms with Crippen LogP contribution >= 0.6 is 27.3 Å². The van der Waals surface area contributed by atoms with Crippen LogP contribution in [0.4, 0.5) is 5.82 Å². The Morgan fingerprint density at radius 3 is 3.00 bits per heavy atom. The molecule has 2 rings (SSSR count). The topological polar surface area (TPSA) is 37.8 Å². The molecule has 0 saturated heterocycles. The quantitative estimate of drug-likeness (QED) is 0.940. The van der Waals surface area contributed by atoms with E-state index >= 15 is 0 Å². The number of aryl methyl sites for hydroxylation is 1. The van der Waals surface area contributed by atoms with Gasteiger partial charge in [-0.25, -0.2) is 9.97 Å². The fourth-order valence-corrected chi connectivity index (χ4v) is 1.92. The van der Waals surface area contributed by atoms with Gasteiger partial charge in [0.1, 0.15) is 5.82 Å². The monoisotopic (exact) mass is 283 g/mol. The highest BCUT2D eigenvalue weighted by molar-refractivity contribution is 9.10. The number of halogens is 1. The standard InChI is InChI=1S/C10H10BrN3S/c1-7-2-10(13-4-9(7)11)12-3-8-5-15-6-14-8/h2,4-6H,3H2,1H3,(H,12,13). The van der Waals surface area contributed by atoms with Crippen LogP contribution < -0.4 is 5.32 Å². The summed E-state index contributed by atoms with van der Waals surface area (Å²) in [7, 11) is 0. The van der Waals surface area contributed by atoms with Gasteiger partial charge in [0.15, 0.2) is 0 Å². The van der Waals surface area contributed by atoms with Gasteiger partial charge in [-0.2, -0.15) is 0 Å². The van der Waals surface area contributed by atoms with E-state index in [2.05, 4.69) is 31.2 Å². The minimum Gasteiger partial charge on any atom is -0.364 e. The first-order chi connectivity index (χ1) is 7.25. The average Bonchev–Trinajstić information content (AvgIpc) is 2.73. The van der Waals surface area contributed by atoms with Gasteiger partial charge in [-0.05, 0) is 34.5 Å². The third-order valence-corrected chi connectivity index (χ3v) is 3.45. The van der Waals surface area contributed by atoms with E-state index in [1.54, 1.807) is 17.5 Å². The van der Waals surface area contributed by atoms with Crippen molar-refractivity contribution in [1.82, 2.24) is 9.97 Å². The van der Waals surface area contributed by atoms with Crippen molar-refractivity contribution in [1.29, 1.82) is 0 Å². The Kier molecular flexibility index (Phi) is 3.33. The summed E-state index contributed by atoms with van der Waals surface area (Å²) in [6.45, 7) is 2.76. The lowest BCUT2D eigenvalue weighted by Gasteiger charge is -2.05. The molecule has 0 unspecified atom stereocenters. The molecule has 0 fully saturated rings. The van der Waals surface area contributed by atoms with E-state index in [1.165, 1.54) is 5.56 Å². The summed E-state index contributed by atoms with van der Waals surface area (Å²) < 4.78 is 1.03. The summed E-state index contributed by atoms with van der Waals surface area (Å²) >= 11 is 5.02. The first-order valence-electron chi connectivity index (χ1n) is 4.49. The van der Waals surface area contributed by atoms with Crippen molar-refractivity contribution in [2.75, 3.05) is 5.32 Å². The lowest BCUT2D eigenvalue weighted by Crippen LogP contribution is -2.01. The molecule has 3 nitrogen and oxygen atoms in total. The van der Waals surface area contributed by atoms with Crippen LogP contribution in [0, 0.1) is 6.92 Å². The van der Waals surface area contributed by atoms with Gasteiger partial charge in [-0.1, -0.05) is 0 Å². The maximum Gasteiger partial charge on any atom is 0.126 e. The van der Waals surface area contributed by atoms with Crippen LogP contribution in [-0.2, 0) is 6.54 Å². The van der Waals surface area contributed by atoms with Crippen molar-refractivity contribution in [2.24, 2.45) is 0 Å². The zero-order chi connectivity index (χ0) is 10.7. The predicted octanol–water partition coefficient (Wildman–Crippen LogP) is 3.22. The molecule has 78 valence electrons. The number of aromatic nitrogens is 2. The van der Waals surface area contributed by atoms with E-state index in [0.29, 0.717) is 0 Å². The van der Waals surface area contributed by atoms with Crippen LogP contribution in [-0.4, -0.2) is 9.97 Å². The SMILES string of the molecule is Cc1cc(NCc2cscn2)ncc1Br. The van der Waals surface area contributed by atoms with Crippen LogP contribution in [0.3, 0.4) is 0 Å². The zero-order valence-electron chi connectivity index (χ0n) is 8.20. The second kappa shape index (κ2) is 4.72. The van der Waals surface area contributed by atoms with Crippen molar-refractivity contribution < 1.29 is 0 Å². The summed E-state index contributed by atoms with van der Waals surface area (Å²) in [6, 6.07) is 2.01. The Hall–Kier alpha value is -0.940. The zero-order valence-corrected chi connectivity index (χ0v) is 10.6. The lowest BCUT2D eigenvalue weighted by atomic mass is 10.3. The molecule has 2 aromatic heterocycles. The normalized spacial score (nSPS) is 10.3. The maximum absolute atomic E-state index is 4.26. The van der Waals surface area contributed by atoms with Crippen molar-refractivity contribution in [3.8, 4) is 0 Å². The Bertz CT molecular complexity index is 442. The molecule has 2 aromatic rings. The summed E-state index contributed by atoms with van der Waals surface area (Å²) in [5.74, 6) is 0.878. The molecule has 0 aliphatic heterocycles. The minimum atomic E-state index is 0.720. The second-order valence-corrected chi connectivity index (χ2v) is 4.73. The van der Waals surface area contributed by atoms with E-state index in [4.69, 9.17) is 0 Å². The molecule has 0 radical (unpaired) electrons. The second-order valence-electron chi connectivity index (χ2n) is 3.15. The van der Waals surface area contributed by atoms with Crippen molar-refractivity contribution in [2.45, 2.75) is 13.5 Å². The molecule has 0 aliphatic rings. The molecule has 0 amide bonds. The number of hydrogen-bond acceptors (Lipinski definition) is 4. The number of pyridine rings is 1. The predicted molar refractivity (Wildman–Crippen MR) is 66.1 cm³/mol. The Morgan fingerprint density at radius 2 is 2.33 bits per heavy atom. The van der Waals surface area contributed by atoms with E-state index in [9.17, 15) is 0 Å². The highest BCUT2D eigenvalue weighted by Gasteiger charge is 1.99. The van der Waals surface area contributed by atoms with E-state index in [-0.39, 0.29) is 0 Å². The molecule has 5 heteroatoms. The largest absolute Gasteiger partial charge is 0.364 e. The molecule has 0 saturated carbocycles. The van der Waals surface area contributed by atoms with E-state index in [1.807, 2.05) is 23.9 Å². The van der Waals surface area contributed by atoms with Gasteiger partial charge in [0.25, 0.3) is 0 Å². The van der Waals surface area contributed by atoms with Gasteiger partial charge >= 0.3 is 0 Å². The number of anilines is 1. The Morgan fingerprint density at radius 1 is 1.47 bits per heavy atom. The van der Waals surface area contributed by atoms with Gasteiger partial charge in [-0.15, -0.1) is 11.3 Å². The van der Waals surface area contributed by atoms with Crippen LogP contribution in [0.5, 0.6) is 0 Å². The fraction of sp³-hybridized carbons (Fsp3) is 0.200. The summed E-state index contributed by atoms with van der Waals surface area (Å²) in [4.78, 5) is 8.45. The van der Waals surface area contributed by atoms with Gasteiger partial charge < -0.3 is 5.32 Å². The molecule has 0 bridgehead atoms. The summed E-state index contributed by atoms with van der Waals surface area (Å²) in [5.41, 5.74) is 4.05. The molecule has 0 atom stereocenters. The Labute approximate surface area is 101 Å². The van der Waals surface area contributed by atoms with Crippen LogP contribution in [0.1, 0.15) is 11.3 Å². The van der Waals surface area contributed by atoms with Crippen LogP contribution in [0.25, 0.3) is 0 Å². The smallest absolute Gasteiger partial charge is 0.126 e. The van der Waals surface area contributed by atoms with Gasteiger partial charge in [0, 0.05) is 16.0 Å². The molecule has 15 heavy (non-hydrogen) atoms. The van der Waals surface area contributed by atoms with Crippen LogP contribution in [0.2, 0.25) is 0 Å². The first kappa shape index (κ1) is 10.6. The Balaban J connectivity index is 2.02. The van der Waals surface area contributed by atoms with E-state index in [0.717, 1.165) is 22.5 Å². The average molecular weight is 284 g/mol. The van der Waals surface area contributed by atoms with Gasteiger partial charge in [0.2, 0.25) is 0 Å². The number of nitrogens with zero attached hydrogens (tertiary/aromatic N) is 2. The molecule has 1 N–H and O–H groups in total. The van der Waals surface area contributed by atoms with Crippen molar-refractivity contribution in [3.63, 3.8) is 0 Å². The number of hydrogen-bond donors (Lipinski definition) is 1. The number of nitrogens with one attached hydrogen (secondary N) is 1. The van der Waals surface area contributed by atoms with Gasteiger partial charge in [-0.3, -0.25) is 0 Å². The third kappa shape index (κ3) is 2.76. The number of rotatable bonds is 3. The third-order valence-electron chi connectivity index (χ3n) is 1.98. The summed E-state index contributed by atoms with van der Waals surface area (Å²) in [5, 5.41) is 5.25. The lowest BCUT2D eigenvalue weighted by molar-refractivity contribution is 1.05. The highest BCUT2D eigenvalue weighted by atomic mass is 79.9. The summed E-state index contributed by atoms with van der Waals surface area (Å²) in [6.07, 6.45) is 1.80. The first-order valence-corrected chi connectivity index (χ1v) is 6.22. The molecule has 0 spiro atoms. The van der Waals surface area contributed by atoms with Crippen molar-refractivity contribution >= 4 is 33.1 Å². The minimum absolute atomic E-state index is 0.720. The van der Waals surface area contributed by atoms with E-state index < -0.39 is 0 Å².